The van der Waals surface area contributed by atoms with E-state index in [9.17, 15) is 4.79 Å². The van der Waals surface area contributed by atoms with Crippen LogP contribution in [0.2, 0.25) is 0 Å². The zero-order chi connectivity index (χ0) is 13.6. The minimum absolute atomic E-state index is 0.0692. The van der Waals surface area contributed by atoms with Crippen molar-refractivity contribution in [2.75, 3.05) is 11.6 Å². The second-order valence-corrected chi connectivity index (χ2v) is 7.06. The Labute approximate surface area is 120 Å². The van der Waals surface area contributed by atoms with Crippen LogP contribution in [0.5, 0.6) is 0 Å². The van der Waals surface area contributed by atoms with Crippen LogP contribution in [0.25, 0.3) is 0 Å². The second kappa shape index (κ2) is 4.47. The molecule has 1 spiro atoms. The first kappa shape index (κ1) is 12.9. The average Bonchev–Trinajstić information content (AvgIpc) is 2.86. The van der Waals surface area contributed by atoms with Crippen LogP contribution in [-0.2, 0) is 13.9 Å². The number of primary amides is 1. The third kappa shape index (κ3) is 2.04. The fraction of sp³-hybridized carbons (Fsp3) is 0.308. The molecule has 2 heterocycles. The van der Waals surface area contributed by atoms with Crippen LogP contribution in [0.4, 0.5) is 5.69 Å². The summed E-state index contributed by atoms with van der Waals surface area (Å²) < 4.78 is -0.498. The molecule has 0 saturated heterocycles. The summed E-state index contributed by atoms with van der Waals surface area (Å²) in [6.07, 6.45) is 0. The lowest BCUT2D eigenvalue weighted by Crippen LogP contribution is -2.33. The quantitative estimate of drug-likeness (QED) is 0.908. The van der Waals surface area contributed by atoms with Gasteiger partial charge in [-0.1, -0.05) is 35.2 Å². The van der Waals surface area contributed by atoms with E-state index in [1.165, 1.54) is 5.56 Å². The van der Waals surface area contributed by atoms with Crippen molar-refractivity contribution >= 4 is 35.1 Å². The molecule has 4 nitrogen and oxygen atoms in total. The van der Waals surface area contributed by atoms with E-state index in [2.05, 4.69) is 19.1 Å². The molecule has 0 atom stereocenters. The molecule has 0 aliphatic carbocycles. The largest absolute Gasteiger partial charge is 0.368 e. The Hall–Kier alpha value is -1.11. The van der Waals surface area contributed by atoms with E-state index < -0.39 is 10.2 Å². The molecular weight excluding hydrogens is 280 g/mol. The van der Waals surface area contributed by atoms with Crippen molar-refractivity contribution in [2.24, 2.45) is 5.73 Å². The third-order valence-corrected chi connectivity index (χ3v) is 5.56. The maximum atomic E-state index is 11.2. The lowest BCUT2D eigenvalue weighted by molar-refractivity contribution is -0.118. The zero-order valence-corrected chi connectivity index (χ0v) is 12.3. The Balaban J connectivity index is 2.11. The first-order valence-electron chi connectivity index (χ1n) is 5.89. The highest BCUT2D eigenvalue weighted by atomic mass is 32.2. The van der Waals surface area contributed by atoms with Gasteiger partial charge in [0.25, 0.3) is 0 Å². The van der Waals surface area contributed by atoms with Crippen LogP contribution in [0, 0.1) is 13.8 Å². The van der Waals surface area contributed by atoms with Gasteiger partial charge in [0.05, 0.1) is 5.69 Å². The SMILES string of the molecule is Cc1cc(C)c2c(c1)C1(ON2CC(N)=O)SC=CS1. The van der Waals surface area contributed by atoms with E-state index in [1.807, 2.05) is 17.7 Å². The predicted octanol–water partition coefficient (Wildman–Crippen LogP) is 2.60. The molecule has 0 fully saturated rings. The number of amides is 1. The molecule has 3 rings (SSSR count). The van der Waals surface area contributed by atoms with Gasteiger partial charge < -0.3 is 5.73 Å². The van der Waals surface area contributed by atoms with Crippen molar-refractivity contribution in [1.29, 1.82) is 0 Å². The summed E-state index contributed by atoms with van der Waals surface area (Å²) in [5, 5.41) is 5.65. The predicted molar refractivity (Wildman–Crippen MR) is 79.5 cm³/mol. The number of benzene rings is 1. The number of fused-ring (bicyclic) bond motifs is 2. The standard InChI is InChI=1S/C13H14N2O2S2/c1-8-5-9(2)12-10(6-8)13(18-3-4-19-13)17-15(12)7-11(14)16/h3-6H,7H2,1-2H3,(H2,14,16). The number of thioether (sulfide) groups is 2. The molecule has 2 N–H and O–H groups in total. The van der Waals surface area contributed by atoms with Gasteiger partial charge in [0.2, 0.25) is 10.2 Å². The van der Waals surface area contributed by atoms with Gasteiger partial charge in [-0.3, -0.25) is 4.79 Å². The van der Waals surface area contributed by atoms with E-state index in [0.29, 0.717) is 0 Å². The zero-order valence-electron chi connectivity index (χ0n) is 10.7. The lowest BCUT2D eigenvalue weighted by Gasteiger charge is -2.23. The van der Waals surface area contributed by atoms with E-state index in [1.54, 1.807) is 28.6 Å². The number of hydrogen-bond donors (Lipinski definition) is 1. The summed E-state index contributed by atoms with van der Waals surface area (Å²) in [6, 6.07) is 4.21. The van der Waals surface area contributed by atoms with Crippen LogP contribution in [-0.4, -0.2) is 12.5 Å². The number of carbonyl (C=O) groups excluding carboxylic acids is 1. The molecule has 6 heteroatoms. The fourth-order valence-electron chi connectivity index (χ4n) is 2.45. The summed E-state index contributed by atoms with van der Waals surface area (Å²) in [5.74, 6) is -0.399. The number of hydrogen-bond acceptors (Lipinski definition) is 5. The van der Waals surface area contributed by atoms with E-state index in [-0.39, 0.29) is 6.54 Å². The van der Waals surface area contributed by atoms with Crippen molar-refractivity contribution in [1.82, 2.24) is 0 Å². The topological polar surface area (TPSA) is 55.6 Å². The third-order valence-electron chi connectivity index (χ3n) is 3.06. The van der Waals surface area contributed by atoms with Crippen molar-refractivity contribution in [3.63, 3.8) is 0 Å². The van der Waals surface area contributed by atoms with Gasteiger partial charge in [-0.05, 0) is 36.3 Å². The molecule has 1 amide bonds. The van der Waals surface area contributed by atoms with Crippen LogP contribution in [0.1, 0.15) is 16.7 Å². The smallest absolute Gasteiger partial charge is 0.239 e. The molecule has 1 aromatic rings. The van der Waals surface area contributed by atoms with Gasteiger partial charge in [0.15, 0.2) is 0 Å². The Morgan fingerprint density at radius 3 is 2.68 bits per heavy atom. The normalized spacial score (nSPS) is 19.2. The van der Waals surface area contributed by atoms with Crippen LogP contribution in [0.3, 0.4) is 0 Å². The molecular formula is C13H14N2O2S2. The molecule has 0 saturated carbocycles. The van der Waals surface area contributed by atoms with E-state index in [4.69, 9.17) is 10.6 Å². The number of nitrogens with zero attached hydrogens (tertiary/aromatic N) is 1. The minimum Gasteiger partial charge on any atom is -0.368 e. The Kier molecular flexibility index (Phi) is 3.03. The molecule has 0 aromatic heterocycles. The minimum atomic E-state index is -0.498. The summed E-state index contributed by atoms with van der Waals surface area (Å²) in [4.78, 5) is 17.2. The Bertz CT molecular complexity index is 578. The molecule has 100 valence electrons. The molecule has 19 heavy (non-hydrogen) atoms. The first-order chi connectivity index (χ1) is 9.02. The number of carbonyl (C=O) groups is 1. The van der Waals surface area contributed by atoms with Gasteiger partial charge in [-0.25, -0.2) is 9.90 Å². The van der Waals surface area contributed by atoms with Crippen molar-refractivity contribution in [3.8, 4) is 0 Å². The van der Waals surface area contributed by atoms with Crippen molar-refractivity contribution < 1.29 is 9.63 Å². The highest BCUT2D eigenvalue weighted by Crippen LogP contribution is 2.60. The van der Waals surface area contributed by atoms with Gasteiger partial charge in [-0.15, -0.1) is 0 Å². The number of aryl methyl sites for hydroxylation is 2. The molecule has 2 aliphatic rings. The Morgan fingerprint density at radius 2 is 2.05 bits per heavy atom. The maximum Gasteiger partial charge on any atom is 0.239 e. The fourth-order valence-corrected chi connectivity index (χ4v) is 4.64. The van der Waals surface area contributed by atoms with Gasteiger partial charge in [-0.2, -0.15) is 0 Å². The van der Waals surface area contributed by atoms with Crippen molar-refractivity contribution in [3.05, 3.63) is 39.6 Å². The maximum absolute atomic E-state index is 11.2. The summed E-state index contributed by atoms with van der Waals surface area (Å²) >= 11 is 3.22. The van der Waals surface area contributed by atoms with Gasteiger partial charge >= 0.3 is 0 Å². The first-order valence-corrected chi connectivity index (χ1v) is 7.65. The number of rotatable bonds is 2. The number of nitrogens with two attached hydrogens (primary N) is 1. The summed E-state index contributed by atoms with van der Waals surface area (Å²) in [5.41, 5.74) is 9.66. The highest BCUT2D eigenvalue weighted by molar-refractivity contribution is 8.22. The van der Waals surface area contributed by atoms with Crippen LogP contribution in [0.15, 0.2) is 22.9 Å². The van der Waals surface area contributed by atoms with Crippen LogP contribution < -0.4 is 10.8 Å². The number of anilines is 1. The molecule has 0 unspecified atom stereocenters. The highest BCUT2D eigenvalue weighted by Gasteiger charge is 2.48. The average molecular weight is 294 g/mol. The monoisotopic (exact) mass is 294 g/mol. The number of hydroxylamine groups is 1. The van der Waals surface area contributed by atoms with Gasteiger partial charge in [0.1, 0.15) is 6.54 Å². The van der Waals surface area contributed by atoms with E-state index in [0.717, 1.165) is 16.8 Å². The van der Waals surface area contributed by atoms with Crippen molar-refractivity contribution in [2.45, 2.75) is 18.1 Å². The summed E-state index contributed by atoms with van der Waals surface area (Å²) in [6.45, 7) is 4.16. The summed E-state index contributed by atoms with van der Waals surface area (Å²) in [7, 11) is 0. The Morgan fingerprint density at radius 1 is 1.37 bits per heavy atom. The molecule has 0 bridgehead atoms. The van der Waals surface area contributed by atoms with Gasteiger partial charge in [0, 0.05) is 5.56 Å². The molecule has 2 aliphatic heterocycles. The van der Waals surface area contributed by atoms with E-state index >= 15 is 0 Å². The van der Waals surface area contributed by atoms with Crippen LogP contribution >= 0.6 is 23.5 Å². The second-order valence-electron chi connectivity index (χ2n) is 4.64. The lowest BCUT2D eigenvalue weighted by atomic mass is 10.0. The molecule has 1 aromatic carbocycles. The molecule has 0 radical (unpaired) electrons.